The number of carbonyl (C=O) groups excluding carboxylic acids is 1. The molecule has 0 spiro atoms. The second kappa shape index (κ2) is 10.2. The van der Waals surface area contributed by atoms with Gasteiger partial charge in [-0.25, -0.2) is 4.39 Å². The summed E-state index contributed by atoms with van der Waals surface area (Å²) in [5.74, 6) is -0.638. The third-order valence-electron chi connectivity index (χ3n) is 5.80. The molecule has 31 heavy (non-hydrogen) atoms. The quantitative estimate of drug-likeness (QED) is 0.588. The zero-order valence-electron chi connectivity index (χ0n) is 17.7. The molecule has 0 bridgehead atoms. The van der Waals surface area contributed by atoms with E-state index in [2.05, 4.69) is 56.9 Å². The number of thiophene rings is 1. The summed E-state index contributed by atoms with van der Waals surface area (Å²) in [4.78, 5) is 18.9. The first-order valence-corrected chi connectivity index (χ1v) is 11.6. The van der Waals surface area contributed by atoms with E-state index in [-0.39, 0.29) is 18.0 Å². The molecule has 162 valence electrons. The molecule has 1 aromatic heterocycles. The van der Waals surface area contributed by atoms with Crippen LogP contribution in [0, 0.1) is 5.82 Å². The maximum absolute atomic E-state index is 13.5. The van der Waals surface area contributed by atoms with Gasteiger partial charge in [0.2, 0.25) is 0 Å². The van der Waals surface area contributed by atoms with E-state index in [0.717, 1.165) is 32.7 Å². The molecule has 0 saturated carbocycles. The van der Waals surface area contributed by atoms with Crippen molar-refractivity contribution in [3.8, 4) is 0 Å². The topological polar surface area (TPSA) is 35.6 Å². The van der Waals surface area contributed by atoms with Crippen molar-refractivity contribution in [1.82, 2.24) is 15.1 Å². The highest BCUT2D eigenvalue weighted by molar-refractivity contribution is 7.10. The van der Waals surface area contributed by atoms with Crippen LogP contribution in [0.2, 0.25) is 0 Å². The zero-order chi connectivity index (χ0) is 21.6. The van der Waals surface area contributed by atoms with Crippen molar-refractivity contribution >= 4 is 17.2 Å². The summed E-state index contributed by atoms with van der Waals surface area (Å²) in [7, 11) is 0. The third kappa shape index (κ3) is 5.58. The van der Waals surface area contributed by atoms with E-state index in [1.807, 2.05) is 13.0 Å². The van der Waals surface area contributed by atoms with Crippen LogP contribution < -0.4 is 5.32 Å². The van der Waals surface area contributed by atoms with Crippen molar-refractivity contribution in [1.29, 1.82) is 0 Å². The lowest BCUT2D eigenvalue weighted by atomic mass is 10.0. The number of nitrogens with one attached hydrogen (secondary N) is 1. The second-order valence-electron chi connectivity index (χ2n) is 8.03. The first-order chi connectivity index (χ1) is 15.1. The Morgan fingerprint density at radius 2 is 1.81 bits per heavy atom. The Hall–Kier alpha value is -2.54. The molecule has 0 radical (unpaired) electrons. The third-order valence-corrected chi connectivity index (χ3v) is 6.75. The van der Waals surface area contributed by atoms with Crippen LogP contribution in [0.4, 0.5) is 4.39 Å². The maximum atomic E-state index is 13.5. The fourth-order valence-corrected chi connectivity index (χ4v) is 5.21. The summed E-state index contributed by atoms with van der Waals surface area (Å²) in [6, 6.07) is 20.6. The summed E-state index contributed by atoms with van der Waals surface area (Å²) in [6.07, 6.45) is 0. The van der Waals surface area contributed by atoms with Crippen molar-refractivity contribution in [3.63, 3.8) is 0 Å². The minimum absolute atomic E-state index is 0.0939. The van der Waals surface area contributed by atoms with Crippen LogP contribution in [-0.4, -0.2) is 47.9 Å². The van der Waals surface area contributed by atoms with Gasteiger partial charge >= 0.3 is 0 Å². The summed E-state index contributed by atoms with van der Waals surface area (Å²) in [5, 5.41) is 5.18. The van der Waals surface area contributed by atoms with Crippen LogP contribution in [-0.2, 0) is 6.54 Å². The van der Waals surface area contributed by atoms with Crippen LogP contribution in [0.5, 0.6) is 0 Å². The molecule has 3 aromatic rings. The van der Waals surface area contributed by atoms with Crippen molar-refractivity contribution in [3.05, 3.63) is 93.9 Å². The summed E-state index contributed by atoms with van der Waals surface area (Å²) >= 11 is 1.72. The lowest BCUT2D eigenvalue weighted by Crippen LogP contribution is -2.52. The fraction of sp³-hybridized carbons (Fsp3) is 0.320. The summed E-state index contributed by atoms with van der Waals surface area (Å²) < 4.78 is 13.5. The van der Waals surface area contributed by atoms with Crippen molar-refractivity contribution < 1.29 is 9.18 Å². The SMILES string of the molecule is C[C@H](NC(=O)c1cccc(F)c1)[C@H](c1cccs1)N1CCN(Cc2ccccc2)CC1. The minimum Gasteiger partial charge on any atom is -0.348 e. The Bertz CT molecular complexity index is 971. The van der Waals surface area contributed by atoms with Gasteiger partial charge in [-0.3, -0.25) is 14.6 Å². The van der Waals surface area contributed by atoms with Gasteiger partial charge in [0, 0.05) is 49.2 Å². The minimum atomic E-state index is -0.398. The Balaban J connectivity index is 1.42. The molecule has 0 unspecified atom stereocenters. The van der Waals surface area contributed by atoms with Gasteiger partial charge in [0.05, 0.1) is 6.04 Å². The van der Waals surface area contributed by atoms with Crippen LogP contribution in [0.1, 0.15) is 33.8 Å². The van der Waals surface area contributed by atoms with Crippen molar-refractivity contribution in [2.45, 2.75) is 25.6 Å². The van der Waals surface area contributed by atoms with E-state index in [1.54, 1.807) is 23.5 Å². The van der Waals surface area contributed by atoms with E-state index in [9.17, 15) is 9.18 Å². The number of amides is 1. The fourth-order valence-electron chi connectivity index (χ4n) is 4.24. The molecule has 2 heterocycles. The Labute approximate surface area is 187 Å². The Kier molecular flexibility index (Phi) is 7.12. The average Bonchev–Trinajstić information content (AvgIpc) is 3.30. The zero-order valence-corrected chi connectivity index (χ0v) is 18.5. The normalized spacial score (nSPS) is 17.2. The summed E-state index contributed by atoms with van der Waals surface area (Å²) in [5.41, 5.74) is 1.69. The average molecular weight is 438 g/mol. The first kappa shape index (κ1) is 21.7. The Morgan fingerprint density at radius 3 is 2.48 bits per heavy atom. The number of piperazine rings is 1. The van der Waals surface area contributed by atoms with E-state index >= 15 is 0 Å². The van der Waals surface area contributed by atoms with Crippen LogP contribution >= 0.6 is 11.3 Å². The molecule has 1 N–H and O–H groups in total. The van der Waals surface area contributed by atoms with Gasteiger partial charge in [0.15, 0.2) is 0 Å². The van der Waals surface area contributed by atoms with E-state index in [4.69, 9.17) is 0 Å². The highest BCUT2D eigenvalue weighted by Gasteiger charge is 2.31. The molecule has 1 saturated heterocycles. The number of nitrogens with zero attached hydrogens (tertiary/aromatic N) is 2. The van der Waals surface area contributed by atoms with Crippen LogP contribution in [0.3, 0.4) is 0 Å². The largest absolute Gasteiger partial charge is 0.348 e. The van der Waals surface area contributed by atoms with Gasteiger partial charge in [-0.15, -0.1) is 11.3 Å². The maximum Gasteiger partial charge on any atom is 0.251 e. The molecule has 0 aliphatic carbocycles. The number of hydrogen-bond acceptors (Lipinski definition) is 4. The van der Waals surface area contributed by atoms with E-state index in [0.29, 0.717) is 5.56 Å². The monoisotopic (exact) mass is 437 g/mol. The molecule has 6 heteroatoms. The molecule has 1 aliphatic heterocycles. The van der Waals surface area contributed by atoms with Gasteiger partial charge in [-0.2, -0.15) is 0 Å². The number of benzene rings is 2. The predicted molar refractivity (Wildman–Crippen MR) is 124 cm³/mol. The van der Waals surface area contributed by atoms with E-state index in [1.165, 1.54) is 22.6 Å². The van der Waals surface area contributed by atoms with Gasteiger partial charge < -0.3 is 5.32 Å². The molecule has 4 rings (SSSR count). The Morgan fingerprint density at radius 1 is 1.03 bits per heavy atom. The molecule has 4 nitrogen and oxygen atoms in total. The smallest absolute Gasteiger partial charge is 0.251 e. The predicted octanol–water partition coefficient (Wildman–Crippen LogP) is 4.56. The van der Waals surface area contributed by atoms with Crippen LogP contribution in [0.15, 0.2) is 72.1 Å². The van der Waals surface area contributed by atoms with Gasteiger partial charge in [0.1, 0.15) is 5.82 Å². The number of halogens is 1. The van der Waals surface area contributed by atoms with Crippen molar-refractivity contribution in [2.75, 3.05) is 26.2 Å². The standard InChI is InChI=1S/C25H28FN3OS/c1-19(27-25(30)21-9-5-10-22(26)17-21)24(23-11-6-16-31-23)29-14-12-28(13-15-29)18-20-7-3-2-4-8-20/h2-11,16-17,19,24H,12-15,18H2,1H3,(H,27,30)/t19-,24+/m0/s1. The van der Waals surface area contributed by atoms with Gasteiger partial charge in [0.25, 0.3) is 5.91 Å². The lowest BCUT2D eigenvalue weighted by Gasteiger charge is -2.41. The molecular formula is C25H28FN3OS. The van der Waals surface area contributed by atoms with Gasteiger partial charge in [-0.05, 0) is 42.1 Å². The first-order valence-electron chi connectivity index (χ1n) is 10.7. The molecular weight excluding hydrogens is 409 g/mol. The highest BCUT2D eigenvalue weighted by atomic mass is 32.1. The summed E-state index contributed by atoms with van der Waals surface area (Å²) in [6.45, 7) is 6.86. The molecule has 1 aliphatic rings. The molecule has 1 fully saturated rings. The lowest BCUT2D eigenvalue weighted by molar-refractivity contribution is 0.0714. The van der Waals surface area contributed by atoms with Crippen molar-refractivity contribution in [2.24, 2.45) is 0 Å². The second-order valence-corrected chi connectivity index (χ2v) is 9.01. The number of hydrogen-bond donors (Lipinski definition) is 1. The molecule has 2 atom stereocenters. The highest BCUT2D eigenvalue weighted by Crippen LogP contribution is 2.29. The van der Waals surface area contributed by atoms with Gasteiger partial charge in [-0.1, -0.05) is 42.5 Å². The molecule has 2 aromatic carbocycles. The van der Waals surface area contributed by atoms with Crippen LogP contribution in [0.25, 0.3) is 0 Å². The van der Waals surface area contributed by atoms with E-state index < -0.39 is 5.82 Å². The number of rotatable bonds is 7. The molecule has 1 amide bonds. The number of carbonyl (C=O) groups is 1.